The highest BCUT2D eigenvalue weighted by atomic mass is 16.5. The first kappa shape index (κ1) is 15.6. The number of ether oxygens (including phenoxy) is 1. The van der Waals surface area contributed by atoms with Crippen molar-refractivity contribution in [1.29, 1.82) is 0 Å². The number of anilines is 1. The second-order valence-electron chi connectivity index (χ2n) is 6.05. The van der Waals surface area contributed by atoms with E-state index in [1.165, 1.54) is 22.9 Å². The van der Waals surface area contributed by atoms with Gasteiger partial charge in [0, 0.05) is 36.0 Å². The monoisotopic (exact) mass is 293 g/mol. The predicted octanol–water partition coefficient (Wildman–Crippen LogP) is 0.750. The number of amides is 1. The van der Waals surface area contributed by atoms with Crippen molar-refractivity contribution in [3.05, 3.63) is 28.7 Å². The number of hydrogen-bond acceptors (Lipinski definition) is 4. The molecule has 6 heteroatoms. The van der Waals surface area contributed by atoms with E-state index in [0.29, 0.717) is 12.3 Å². The molecule has 1 fully saturated rings. The Balaban J connectivity index is 1.94. The largest absolute Gasteiger partial charge is 0.398 e. The van der Waals surface area contributed by atoms with Crippen LogP contribution < -0.4 is 16.6 Å². The molecule has 1 heterocycles. The molecule has 1 aliphatic rings. The molecule has 0 spiro atoms. The minimum absolute atomic E-state index is 0.0181. The Morgan fingerprint density at radius 1 is 1.52 bits per heavy atom. The van der Waals surface area contributed by atoms with Crippen LogP contribution in [-0.4, -0.2) is 29.2 Å². The van der Waals surface area contributed by atoms with Gasteiger partial charge in [-0.05, 0) is 19.4 Å². The molecule has 6 nitrogen and oxygen atoms in total. The van der Waals surface area contributed by atoms with E-state index < -0.39 is 0 Å². The van der Waals surface area contributed by atoms with E-state index in [-0.39, 0.29) is 35.6 Å². The Morgan fingerprint density at radius 3 is 2.86 bits per heavy atom. The van der Waals surface area contributed by atoms with Crippen molar-refractivity contribution >= 4 is 11.6 Å². The third-order valence-corrected chi connectivity index (χ3v) is 4.20. The molecule has 116 valence electrons. The lowest BCUT2D eigenvalue weighted by molar-refractivity contribution is -0.137. The van der Waals surface area contributed by atoms with Gasteiger partial charge in [-0.25, -0.2) is 0 Å². The van der Waals surface area contributed by atoms with Crippen molar-refractivity contribution in [1.82, 2.24) is 9.88 Å². The Morgan fingerprint density at radius 2 is 2.24 bits per heavy atom. The second kappa shape index (κ2) is 5.89. The molecule has 3 N–H and O–H groups in total. The number of nitrogen functional groups attached to an aromatic ring is 1. The smallest absolute Gasteiger partial charge is 0.251 e. The van der Waals surface area contributed by atoms with Crippen LogP contribution in [0.2, 0.25) is 0 Å². The molecule has 1 aliphatic carbocycles. The fraction of sp³-hybridized carbons (Fsp3) is 0.600. The summed E-state index contributed by atoms with van der Waals surface area (Å²) in [5.74, 6) is -0.185. The summed E-state index contributed by atoms with van der Waals surface area (Å²) in [7, 11) is 0. The Labute approximate surface area is 124 Å². The van der Waals surface area contributed by atoms with Crippen LogP contribution in [0, 0.1) is 5.41 Å². The van der Waals surface area contributed by atoms with Crippen molar-refractivity contribution in [3.8, 4) is 0 Å². The van der Waals surface area contributed by atoms with Crippen LogP contribution in [-0.2, 0) is 16.1 Å². The number of nitrogens with zero attached hydrogens (tertiary/aromatic N) is 1. The van der Waals surface area contributed by atoms with Gasteiger partial charge >= 0.3 is 0 Å². The number of hydrogen-bond donors (Lipinski definition) is 2. The molecule has 21 heavy (non-hydrogen) atoms. The topological polar surface area (TPSA) is 86.3 Å². The van der Waals surface area contributed by atoms with Crippen molar-refractivity contribution in [3.63, 3.8) is 0 Å². The van der Waals surface area contributed by atoms with Crippen LogP contribution in [0.5, 0.6) is 0 Å². The molecule has 1 aromatic rings. The van der Waals surface area contributed by atoms with Gasteiger partial charge in [0.15, 0.2) is 0 Å². The van der Waals surface area contributed by atoms with Crippen LogP contribution in [0.25, 0.3) is 0 Å². The maximum Gasteiger partial charge on any atom is 0.251 e. The fourth-order valence-corrected chi connectivity index (χ4v) is 2.68. The molecule has 2 unspecified atom stereocenters. The number of nitrogens with one attached hydrogen (secondary N) is 1. The number of pyridine rings is 1. The van der Waals surface area contributed by atoms with Gasteiger partial charge in [0.05, 0.1) is 6.10 Å². The van der Waals surface area contributed by atoms with Gasteiger partial charge in [0.25, 0.3) is 5.56 Å². The highest BCUT2D eigenvalue weighted by Crippen LogP contribution is 2.42. The lowest BCUT2D eigenvalue weighted by Gasteiger charge is -2.51. The molecule has 0 bridgehead atoms. The summed E-state index contributed by atoms with van der Waals surface area (Å²) >= 11 is 0. The van der Waals surface area contributed by atoms with E-state index in [1.807, 2.05) is 6.92 Å². The molecule has 1 amide bonds. The maximum atomic E-state index is 12.1. The Bertz CT molecular complexity index is 580. The summed E-state index contributed by atoms with van der Waals surface area (Å²) in [6.07, 6.45) is 2.46. The normalized spacial score (nSPS) is 23.4. The van der Waals surface area contributed by atoms with E-state index in [1.54, 1.807) is 0 Å². The fourth-order valence-electron chi connectivity index (χ4n) is 2.68. The van der Waals surface area contributed by atoms with Gasteiger partial charge in [0.2, 0.25) is 5.91 Å². The molecule has 1 saturated carbocycles. The van der Waals surface area contributed by atoms with E-state index in [9.17, 15) is 9.59 Å². The summed E-state index contributed by atoms with van der Waals surface area (Å²) in [5, 5.41) is 2.97. The highest BCUT2D eigenvalue weighted by Gasteiger charge is 2.49. The summed E-state index contributed by atoms with van der Waals surface area (Å²) in [5.41, 5.74) is 5.76. The van der Waals surface area contributed by atoms with Gasteiger partial charge in [-0.3, -0.25) is 9.59 Å². The van der Waals surface area contributed by atoms with Crippen molar-refractivity contribution < 1.29 is 9.53 Å². The zero-order valence-electron chi connectivity index (χ0n) is 12.8. The van der Waals surface area contributed by atoms with E-state index in [0.717, 1.165) is 6.42 Å². The first-order chi connectivity index (χ1) is 9.84. The number of carbonyl (C=O) groups excluding carboxylic acids is 1. The Kier molecular flexibility index (Phi) is 4.37. The molecule has 1 aromatic heterocycles. The lowest BCUT2D eigenvalue weighted by Crippen LogP contribution is -2.62. The van der Waals surface area contributed by atoms with Crippen LogP contribution in [0.15, 0.2) is 23.1 Å². The van der Waals surface area contributed by atoms with Gasteiger partial charge in [-0.15, -0.1) is 0 Å². The van der Waals surface area contributed by atoms with Crippen LogP contribution in [0.1, 0.15) is 27.2 Å². The number of nitrogens with two attached hydrogens (primary N) is 1. The first-order valence-corrected chi connectivity index (χ1v) is 7.21. The van der Waals surface area contributed by atoms with Crippen molar-refractivity contribution in [2.75, 3.05) is 12.3 Å². The van der Waals surface area contributed by atoms with E-state index in [4.69, 9.17) is 10.5 Å². The molecule has 0 radical (unpaired) electrons. The van der Waals surface area contributed by atoms with Crippen LogP contribution in [0.3, 0.4) is 0 Å². The minimum atomic E-state index is -0.237. The molecule has 0 saturated heterocycles. The minimum Gasteiger partial charge on any atom is -0.398 e. The highest BCUT2D eigenvalue weighted by molar-refractivity contribution is 5.76. The van der Waals surface area contributed by atoms with Crippen molar-refractivity contribution in [2.24, 2.45) is 5.41 Å². The summed E-state index contributed by atoms with van der Waals surface area (Å²) in [4.78, 5) is 23.7. The third kappa shape index (κ3) is 3.26. The van der Waals surface area contributed by atoms with E-state index >= 15 is 0 Å². The average Bonchev–Trinajstić information content (AvgIpc) is 2.42. The molecule has 0 aromatic carbocycles. The zero-order chi connectivity index (χ0) is 15.6. The maximum absolute atomic E-state index is 12.1. The SMILES string of the molecule is CCOC1CC(NC(=O)Cn2cc(N)ccc2=O)C1(C)C. The van der Waals surface area contributed by atoms with Crippen molar-refractivity contribution in [2.45, 2.75) is 45.9 Å². The molecular weight excluding hydrogens is 270 g/mol. The quantitative estimate of drug-likeness (QED) is 0.839. The average molecular weight is 293 g/mol. The predicted molar refractivity (Wildman–Crippen MR) is 80.9 cm³/mol. The van der Waals surface area contributed by atoms with Gasteiger partial charge in [-0.2, -0.15) is 0 Å². The van der Waals surface area contributed by atoms with Gasteiger partial charge in [-0.1, -0.05) is 13.8 Å². The standard InChI is InChI=1S/C15H23N3O3/c1-4-21-12-7-11(15(12,2)3)17-13(19)9-18-8-10(16)5-6-14(18)20/h5-6,8,11-12H,4,7,9,16H2,1-3H3,(H,17,19). The summed E-state index contributed by atoms with van der Waals surface area (Å²) < 4.78 is 6.95. The number of carbonyl (C=O) groups is 1. The molecule has 2 atom stereocenters. The molecular formula is C15H23N3O3. The third-order valence-electron chi connectivity index (χ3n) is 4.20. The number of rotatable bonds is 5. The first-order valence-electron chi connectivity index (χ1n) is 7.21. The van der Waals surface area contributed by atoms with Gasteiger partial charge in [0.1, 0.15) is 6.54 Å². The number of aromatic nitrogens is 1. The summed E-state index contributed by atoms with van der Waals surface area (Å²) in [6.45, 7) is 6.78. The summed E-state index contributed by atoms with van der Waals surface area (Å²) in [6, 6.07) is 2.96. The lowest BCUT2D eigenvalue weighted by atomic mass is 9.64. The molecule has 0 aliphatic heterocycles. The van der Waals surface area contributed by atoms with Crippen LogP contribution >= 0.6 is 0 Å². The Hall–Kier alpha value is -1.82. The van der Waals surface area contributed by atoms with Crippen LogP contribution in [0.4, 0.5) is 5.69 Å². The molecule has 2 rings (SSSR count). The zero-order valence-corrected chi connectivity index (χ0v) is 12.8. The second-order valence-corrected chi connectivity index (χ2v) is 6.05. The van der Waals surface area contributed by atoms with E-state index in [2.05, 4.69) is 19.2 Å². The van der Waals surface area contributed by atoms with Gasteiger partial charge < -0.3 is 20.4 Å².